The zero-order valence-corrected chi connectivity index (χ0v) is 13.6. The summed E-state index contributed by atoms with van der Waals surface area (Å²) in [6.07, 6.45) is 0.913. The number of aromatic nitrogens is 1. The lowest BCUT2D eigenvalue weighted by Gasteiger charge is -2.34. The van der Waals surface area contributed by atoms with Crippen LogP contribution in [0.1, 0.15) is 5.56 Å². The highest BCUT2D eigenvalue weighted by Gasteiger charge is 2.23. The first kappa shape index (κ1) is 16.7. The Kier molecular flexibility index (Phi) is 5.08. The van der Waals surface area contributed by atoms with Crippen LogP contribution in [0.3, 0.4) is 0 Å². The van der Waals surface area contributed by atoms with Crippen molar-refractivity contribution in [1.29, 1.82) is 0 Å². The zero-order chi connectivity index (χ0) is 17.6. The number of anilines is 1. The number of rotatable bonds is 4. The van der Waals surface area contributed by atoms with Crippen LogP contribution in [0.5, 0.6) is 0 Å². The van der Waals surface area contributed by atoms with Crippen molar-refractivity contribution in [2.45, 2.75) is 6.61 Å². The first-order valence-corrected chi connectivity index (χ1v) is 7.94. The molecule has 0 aliphatic carbocycles. The van der Waals surface area contributed by atoms with Crippen LogP contribution in [0.4, 0.5) is 16.3 Å². The molecule has 0 radical (unpaired) electrons. The maximum Gasteiger partial charge on any atom is 0.410 e. The maximum atomic E-state index is 12.1. The Morgan fingerprint density at radius 1 is 1.12 bits per heavy atom. The summed E-state index contributed by atoms with van der Waals surface area (Å²) in [6, 6.07) is 12.6. The van der Waals surface area contributed by atoms with E-state index in [2.05, 4.69) is 4.98 Å². The highest BCUT2D eigenvalue weighted by atomic mass is 16.6. The minimum absolute atomic E-state index is 0.0353. The molecule has 0 N–H and O–H groups in total. The van der Waals surface area contributed by atoms with Crippen LogP contribution in [0.2, 0.25) is 0 Å². The quantitative estimate of drug-likeness (QED) is 0.626. The highest BCUT2D eigenvalue weighted by Crippen LogP contribution is 2.17. The molecule has 3 rings (SSSR count). The normalized spacial score (nSPS) is 14.2. The number of piperazine rings is 1. The van der Waals surface area contributed by atoms with Crippen molar-refractivity contribution >= 4 is 17.6 Å². The standard InChI is InChI=1S/C17H18N4O4/c22-17(25-13-14-4-2-1-3-5-14)20-10-8-19(9-11-20)16-7-6-15(12-18-16)21(23)24/h1-7,12H,8-11,13H2. The number of carbonyl (C=O) groups is 1. The number of hydrogen-bond donors (Lipinski definition) is 0. The van der Waals surface area contributed by atoms with Crippen LogP contribution in [-0.2, 0) is 11.3 Å². The fourth-order valence-corrected chi connectivity index (χ4v) is 2.60. The number of ether oxygens (including phenoxy) is 1. The van der Waals surface area contributed by atoms with Crippen molar-refractivity contribution in [1.82, 2.24) is 9.88 Å². The van der Waals surface area contributed by atoms with E-state index in [1.54, 1.807) is 11.0 Å². The maximum absolute atomic E-state index is 12.1. The highest BCUT2D eigenvalue weighted by molar-refractivity contribution is 5.68. The second-order valence-corrected chi connectivity index (χ2v) is 5.65. The van der Waals surface area contributed by atoms with E-state index >= 15 is 0 Å². The summed E-state index contributed by atoms with van der Waals surface area (Å²) in [7, 11) is 0. The summed E-state index contributed by atoms with van der Waals surface area (Å²) in [6.45, 7) is 2.50. The van der Waals surface area contributed by atoms with Crippen molar-refractivity contribution in [3.05, 3.63) is 64.3 Å². The van der Waals surface area contributed by atoms with Gasteiger partial charge in [-0.15, -0.1) is 0 Å². The van der Waals surface area contributed by atoms with E-state index in [0.717, 1.165) is 5.56 Å². The molecule has 1 amide bonds. The van der Waals surface area contributed by atoms with Crippen molar-refractivity contribution in [2.24, 2.45) is 0 Å². The number of benzene rings is 1. The Morgan fingerprint density at radius 2 is 1.84 bits per heavy atom. The van der Waals surface area contributed by atoms with Crippen LogP contribution < -0.4 is 4.90 Å². The first-order valence-electron chi connectivity index (χ1n) is 7.94. The van der Waals surface area contributed by atoms with Crippen LogP contribution in [0.25, 0.3) is 0 Å². The molecule has 1 fully saturated rings. The summed E-state index contributed by atoms with van der Waals surface area (Å²) in [5.41, 5.74) is 0.913. The number of hydrogen-bond acceptors (Lipinski definition) is 6. The van der Waals surface area contributed by atoms with E-state index in [-0.39, 0.29) is 18.4 Å². The Labute approximate surface area is 144 Å². The fourth-order valence-electron chi connectivity index (χ4n) is 2.60. The minimum Gasteiger partial charge on any atom is -0.445 e. The molecule has 0 bridgehead atoms. The fraction of sp³-hybridized carbons (Fsp3) is 0.294. The van der Waals surface area contributed by atoms with Crippen LogP contribution in [0, 0.1) is 10.1 Å². The predicted molar refractivity (Wildman–Crippen MR) is 91.3 cm³/mol. The topological polar surface area (TPSA) is 88.8 Å². The summed E-state index contributed by atoms with van der Waals surface area (Å²) in [4.78, 5) is 30.1. The molecule has 130 valence electrons. The van der Waals surface area contributed by atoms with E-state index < -0.39 is 4.92 Å². The molecule has 2 aromatic rings. The summed E-state index contributed by atoms with van der Waals surface area (Å²) < 4.78 is 5.33. The Balaban J connectivity index is 1.49. The largest absolute Gasteiger partial charge is 0.445 e. The van der Waals surface area contributed by atoms with Gasteiger partial charge in [-0.2, -0.15) is 0 Å². The summed E-state index contributed by atoms with van der Waals surface area (Å²) in [5.74, 6) is 0.669. The van der Waals surface area contributed by atoms with Gasteiger partial charge in [-0.05, 0) is 11.6 Å². The molecule has 0 saturated carbocycles. The molecule has 25 heavy (non-hydrogen) atoms. The van der Waals surface area contributed by atoms with Gasteiger partial charge in [0.2, 0.25) is 0 Å². The van der Waals surface area contributed by atoms with Crippen molar-refractivity contribution in [2.75, 3.05) is 31.1 Å². The third-order valence-electron chi connectivity index (χ3n) is 4.01. The van der Waals surface area contributed by atoms with Gasteiger partial charge in [-0.25, -0.2) is 9.78 Å². The predicted octanol–water partition coefficient (Wildman–Crippen LogP) is 2.45. The average Bonchev–Trinajstić information content (AvgIpc) is 2.67. The molecule has 1 aromatic carbocycles. The molecular weight excluding hydrogens is 324 g/mol. The molecule has 2 heterocycles. The van der Waals surface area contributed by atoms with E-state index in [4.69, 9.17) is 4.74 Å². The molecule has 0 atom stereocenters. The van der Waals surface area contributed by atoms with Crippen molar-refractivity contribution < 1.29 is 14.5 Å². The lowest BCUT2D eigenvalue weighted by Crippen LogP contribution is -2.49. The Hall–Kier alpha value is -3.16. The van der Waals surface area contributed by atoms with Gasteiger partial charge in [-0.1, -0.05) is 30.3 Å². The minimum atomic E-state index is -0.475. The third kappa shape index (κ3) is 4.23. The lowest BCUT2D eigenvalue weighted by atomic mass is 10.2. The van der Waals surface area contributed by atoms with Gasteiger partial charge >= 0.3 is 6.09 Å². The molecule has 1 saturated heterocycles. The van der Waals surface area contributed by atoms with Gasteiger partial charge < -0.3 is 14.5 Å². The van der Waals surface area contributed by atoms with E-state index in [9.17, 15) is 14.9 Å². The van der Waals surface area contributed by atoms with Gasteiger partial charge in [0.15, 0.2) is 0 Å². The third-order valence-corrected chi connectivity index (χ3v) is 4.01. The van der Waals surface area contributed by atoms with Gasteiger partial charge in [0.05, 0.1) is 4.92 Å². The van der Waals surface area contributed by atoms with Crippen molar-refractivity contribution in [3.63, 3.8) is 0 Å². The van der Waals surface area contributed by atoms with Gasteiger partial charge in [0, 0.05) is 32.2 Å². The molecule has 8 heteroatoms. The number of carbonyl (C=O) groups excluding carboxylic acids is 1. The van der Waals surface area contributed by atoms with Crippen LogP contribution >= 0.6 is 0 Å². The smallest absolute Gasteiger partial charge is 0.410 e. The SMILES string of the molecule is O=C(OCc1ccccc1)N1CCN(c2ccc([N+](=O)[O-])cn2)CC1. The Bertz CT molecular complexity index is 728. The second kappa shape index (κ2) is 7.61. The molecule has 1 aromatic heterocycles. The molecule has 1 aliphatic heterocycles. The number of nitrogens with zero attached hydrogens (tertiary/aromatic N) is 4. The molecule has 1 aliphatic rings. The van der Waals surface area contributed by atoms with Crippen molar-refractivity contribution in [3.8, 4) is 0 Å². The van der Waals surface area contributed by atoms with Gasteiger partial charge in [-0.3, -0.25) is 10.1 Å². The second-order valence-electron chi connectivity index (χ2n) is 5.65. The monoisotopic (exact) mass is 342 g/mol. The number of amides is 1. The Morgan fingerprint density at radius 3 is 2.44 bits per heavy atom. The lowest BCUT2D eigenvalue weighted by molar-refractivity contribution is -0.385. The average molecular weight is 342 g/mol. The summed E-state index contributed by atoms with van der Waals surface area (Å²) in [5, 5.41) is 10.7. The van der Waals surface area contributed by atoms with Gasteiger partial charge in [0.25, 0.3) is 5.69 Å². The summed E-state index contributed by atoms with van der Waals surface area (Å²) >= 11 is 0. The van der Waals surface area contributed by atoms with Crippen LogP contribution in [0.15, 0.2) is 48.7 Å². The molecule has 8 nitrogen and oxygen atoms in total. The first-order chi connectivity index (χ1) is 12.1. The molecule has 0 unspecified atom stereocenters. The number of pyridine rings is 1. The van der Waals surface area contributed by atoms with E-state index in [1.165, 1.54) is 12.3 Å². The number of nitro groups is 1. The van der Waals surface area contributed by atoms with E-state index in [1.807, 2.05) is 35.2 Å². The van der Waals surface area contributed by atoms with E-state index in [0.29, 0.717) is 32.0 Å². The van der Waals surface area contributed by atoms with Gasteiger partial charge in [0.1, 0.15) is 18.6 Å². The molecule has 0 spiro atoms. The zero-order valence-electron chi connectivity index (χ0n) is 13.6. The molecular formula is C17H18N4O4. The van der Waals surface area contributed by atoms with Crippen LogP contribution in [-0.4, -0.2) is 47.1 Å².